The van der Waals surface area contributed by atoms with E-state index in [9.17, 15) is 18.0 Å². The highest BCUT2D eigenvalue weighted by Gasteiger charge is 2.30. The first-order valence-electron chi connectivity index (χ1n) is 8.26. The third-order valence-corrected chi connectivity index (χ3v) is 3.73. The molecule has 0 saturated heterocycles. The lowest BCUT2D eigenvalue weighted by molar-refractivity contribution is -0.137. The van der Waals surface area contributed by atoms with Crippen molar-refractivity contribution < 1.29 is 18.0 Å². The van der Waals surface area contributed by atoms with Crippen LogP contribution in [-0.2, 0) is 6.18 Å². The average Bonchev–Trinajstić information content (AvgIpc) is 2.58. The van der Waals surface area contributed by atoms with Crippen LogP contribution in [0.5, 0.6) is 0 Å². The van der Waals surface area contributed by atoms with Gasteiger partial charge in [0.25, 0.3) is 5.91 Å². The smallest absolute Gasteiger partial charge is 0.344 e. The van der Waals surface area contributed by atoms with Gasteiger partial charge in [0.1, 0.15) is 5.69 Å². The number of hydrogen-bond donors (Lipinski definition) is 1. The monoisotopic (exact) mass is 366 g/mol. The van der Waals surface area contributed by atoms with Crippen LogP contribution in [0.15, 0.2) is 30.3 Å². The van der Waals surface area contributed by atoms with Crippen molar-refractivity contribution in [3.05, 3.63) is 47.3 Å². The maximum Gasteiger partial charge on any atom is 0.416 e. The Labute approximate surface area is 150 Å². The Bertz CT molecular complexity index is 760. The van der Waals surface area contributed by atoms with E-state index in [-0.39, 0.29) is 11.4 Å². The molecular weight excluding hydrogens is 345 g/mol. The molecule has 0 unspecified atom stereocenters. The van der Waals surface area contributed by atoms with Crippen LogP contribution >= 0.6 is 0 Å². The molecule has 1 aromatic heterocycles. The van der Waals surface area contributed by atoms with Crippen molar-refractivity contribution in [3.63, 3.8) is 0 Å². The van der Waals surface area contributed by atoms with E-state index in [1.165, 1.54) is 18.2 Å². The quantitative estimate of drug-likeness (QED) is 0.828. The van der Waals surface area contributed by atoms with Gasteiger partial charge in [-0.1, -0.05) is 13.3 Å². The van der Waals surface area contributed by atoms with Gasteiger partial charge in [-0.15, -0.1) is 0 Å². The SMILES string of the molecule is CCCCN(C)c1nc(C)cc(C(=O)Nc2ccc(C(F)(F)F)cc2)n1. The van der Waals surface area contributed by atoms with Crippen molar-refractivity contribution in [2.24, 2.45) is 0 Å². The van der Waals surface area contributed by atoms with Crippen molar-refractivity contribution in [2.75, 3.05) is 23.8 Å². The number of unbranched alkanes of at least 4 members (excludes halogenated alkanes) is 1. The maximum absolute atomic E-state index is 12.6. The summed E-state index contributed by atoms with van der Waals surface area (Å²) in [6.45, 7) is 4.60. The first kappa shape index (κ1) is 19.7. The second-order valence-electron chi connectivity index (χ2n) is 6.00. The molecule has 0 aliphatic heterocycles. The van der Waals surface area contributed by atoms with Gasteiger partial charge in [0.2, 0.25) is 5.95 Å². The first-order chi connectivity index (χ1) is 12.2. The van der Waals surface area contributed by atoms with Gasteiger partial charge in [0, 0.05) is 25.0 Å². The number of anilines is 2. The number of carbonyl (C=O) groups excluding carboxylic acids is 1. The summed E-state index contributed by atoms with van der Waals surface area (Å²) < 4.78 is 37.8. The largest absolute Gasteiger partial charge is 0.416 e. The number of halogens is 3. The second kappa shape index (κ2) is 8.16. The van der Waals surface area contributed by atoms with E-state index in [0.717, 1.165) is 31.5 Å². The van der Waals surface area contributed by atoms with Gasteiger partial charge in [-0.2, -0.15) is 13.2 Å². The Morgan fingerprint density at radius 3 is 2.42 bits per heavy atom. The molecule has 0 saturated carbocycles. The number of aryl methyl sites for hydroxylation is 1. The van der Waals surface area contributed by atoms with E-state index in [4.69, 9.17) is 0 Å². The third-order valence-electron chi connectivity index (χ3n) is 3.73. The van der Waals surface area contributed by atoms with Gasteiger partial charge < -0.3 is 10.2 Å². The lowest BCUT2D eigenvalue weighted by atomic mass is 10.2. The van der Waals surface area contributed by atoms with Crippen molar-refractivity contribution >= 4 is 17.5 Å². The molecular formula is C18H21F3N4O. The molecule has 0 aliphatic rings. The Balaban J connectivity index is 2.15. The number of rotatable bonds is 6. The molecule has 2 rings (SSSR count). The zero-order chi connectivity index (χ0) is 19.3. The van der Waals surface area contributed by atoms with E-state index in [1.807, 2.05) is 11.9 Å². The fourth-order valence-electron chi connectivity index (χ4n) is 2.27. The van der Waals surface area contributed by atoms with Gasteiger partial charge in [0.15, 0.2) is 0 Å². The first-order valence-corrected chi connectivity index (χ1v) is 8.26. The highest BCUT2D eigenvalue weighted by molar-refractivity contribution is 6.03. The number of amides is 1. The summed E-state index contributed by atoms with van der Waals surface area (Å²) in [5, 5.41) is 2.56. The van der Waals surface area contributed by atoms with E-state index < -0.39 is 17.6 Å². The number of carbonyl (C=O) groups is 1. The van der Waals surface area contributed by atoms with Gasteiger partial charge in [-0.05, 0) is 43.7 Å². The maximum atomic E-state index is 12.6. The van der Waals surface area contributed by atoms with Crippen LogP contribution in [0.2, 0.25) is 0 Å². The van der Waals surface area contributed by atoms with Gasteiger partial charge >= 0.3 is 6.18 Å². The Kier molecular flexibility index (Phi) is 6.18. The third kappa shape index (κ3) is 5.18. The highest BCUT2D eigenvalue weighted by atomic mass is 19.4. The second-order valence-corrected chi connectivity index (χ2v) is 6.00. The number of alkyl halides is 3. The van der Waals surface area contributed by atoms with Crippen LogP contribution in [-0.4, -0.2) is 29.5 Å². The van der Waals surface area contributed by atoms with Crippen molar-refractivity contribution in [3.8, 4) is 0 Å². The molecule has 0 bridgehead atoms. The molecule has 140 valence electrons. The van der Waals surface area contributed by atoms with Crippen molar-refractivity contribution in [2.45, 2.75) is 32.9 Å². The van der Waals surface area contributed by atoms with E-state index in [2.05, 4.69) is 22.2 Å². The van der Waals surface area contributed by atoms with Crippen LogP contribution in [0.4, 0.5) is 24.8 Å². The summed E-state index contributed by atoms with van der Waals surface area (Å²) in [5.41, 5.74) is 0.292. The summed E-state index contributed by atoms with van der Waals surface area (Å²) in [7, 11) is 1.85. The molecule has 1 N–H and O–H groups in total. The normalized spacial score (nSPS) is 11.3. The number of nitrogens with zero attached hydrogens (tertiary/aromatic N) is 3. The summed E-state index contributed by atoms with van der Waals surface area (Å²) >= 11 is 0. The van der Waals surface area contributed by atoms with E-state index in [1.54, 1.807) is 6.92 Å². The summed E-state index contributed by atoms with van der Waals surface area (Å²) in [5.74, 6) is -0.0589. The minimum absolute atomic E-state index is 0.163. The van der Waals surface area contributed by atoms with Gasteiger partial charge in [0.05, 0.1) is 5.56 Å². The molecule has 0 radical (unpaired) electrons. The molecule has 2 aromatic rings. The standard InChI is InChI=1S/C18H21F3N4O/c1-4-5-10-25(3)17-22-12(2)11-15(24-17)16(26)23-14-8-6-13(7-9-14)18(19,20)21/h6-9,11H,4-5,10H2,1-3H3,(H,23,26). The lowest BCUT2D eigenvalue weighted by Gasteiger charge is -2.17. The minimum atomic E-state index is -4.41. The number of aromatic nitrogens is 2. The van der Waals surface area contributed by atoms with E-state index >= 15 is 0 Å². The molecule has 1 heterocycles. The fraction of sp³-hybridized carbons (Fsp3) is 0.389. The molecule has 1 aromatic carbocycles. The molecule has 8 heteroatoms. The summed E-state index contributed by atoms with van der Waals surface area (Å²) in [4.78, 5) is 22.8. The number of benzene rings is 1. The number of hydrogen-bond acceptors (Lipinski definition) is 4. The van der Waals surface area contributed by atoms with Crippen molar-refractivity contribution in [1.29, 1.82) is 0 Å². The molecule has 26 heavy (non-hydrogen) atoms. The molecule has 5 nitrogen and oxygen atoms in total. The van der Waals surface area contributed by atoms with E-state index in [0.29, 0.717) is 11.6 Å². The highest BCUT2D eigenvalue weighted by Crippen LogP contribution is 2.29. The lowest BCUT2D eigenvalue weighted by Crippen LogP contribution is -2.23. The molecule has 0 aliphatic carbocycles. The molecule has 0 spiro atoms. The van der Waals surface area contributed by atoms with Gasteiger partial charge in [-0.3, -0.25) is 4.79 Å². The fourth-order valence-corrected chi connectivity index (χ4v) is 2.27. The van der Waals surface area contributed by atoms with Crippen LogP contribution in [0, 0.1) is 6.92 Å². The summed E-state index contributed by atoms with van der Waals surface area (Å²) in [6, 6.07) is 5.80. The predicted octanol–water partition coefficient (Wildman–Crippen LogP) is 4.29. The van der Waals surface area contributed by atoms with Crippen molar-refractivity contribution in [1.82, 2.24) is 9.97 Å². The zero-order valence-electron chi connectivity index (χ0n) is 14.9. The predicted molar refractivity (Wildman–Crippen MR) is 94.3 cm³/mol. The molecule has 0 fully saturated rings. The van der Waals surface area contributed by atoms with Gasteiger partial charge in [-0.25, -0.2) is 9.97 Å². The summed E-state index contributed by atoms with van der Waals surface area (Å²) in [6.07, 6.45) is -2.41. The van der Waals surface area contributed by atoms with Crippen LogP contribution in [0.25, 0.3) is 0 Å². The van der Waals surface area contributed by atoms with Crippen LogP contribution in [0.1, 0.15) is 41.5 Å². The van der Waals surface area contributed by atoms with Crippen LogP contribution < -0.4 is 10.2 Å². The van der Waals surface area contributed by atoms with Crippen LogP contribution in [0.3, 0.4) is 0 Å². The Hall–Kier alpha value is -2.64. The molecule has 1 amide bonds. The zero-order valence-corrected chi connectivity index (χ0v) is 14.9. The Morgan fingerprint density at radius 2 is 1.85 bits per heavy atom. The Morgan fingerprint density at radius 1 is 1.19 bits per heavy atom. The average molecular weight is 366 g/mol. The number of nitrogens with one attached hydrogen (secondary N) is 1. The molecule has 0 atom stereocenters. The minimum Gasteiger partial charge on any atom is -0.344 e. The topological polar surface area (TPSA) is 58.1 Å².